The second-order valence-electron chi connectivity index (χ2n) is 3.97. The highest BCUT2D eigenvalue weighted by atomic mass is 16.5. The Morgan fingerprint density at radius 3 is 2.94 bits per heavy atom. The lowest BCUT2D eigenvalue weighted by Gasteiger charge is -2.15. The van der Waals surface area contributed by atoms with Gasteiger partial charge in [0.25, 0.3) is 0 Å². The summed E-state index contributed by atoms with van der Waals surface area (Å²) < 4.78 is 4.71. The molecule has 3 N–H and O–H groups in total. The molecule has 0 bridgehead atoms. The maximum Gasteiger partial charge on any atom is 0.340 e. The van der Waals surface area contributed by atoms with Gasteiger partial charge in [0.05, 0.1) is 24.6 Å². The topological polar surface area (TPSA) is 80.5 Å². The number of hydrogen-bond acceptors (Lipinski definition) is 6. The first kappa shape index (κ1) is 14.2. The van der Waals surface area contributed by atoms with Crippen molar-refractivity contribution < 1.29 is 9.53 Å². The predicted octanol–water partition coefficient (Wildman–Crippen LogP) is 0.814. The summed E-state index contributed by atoms with van der Waals surface area (Å²) in [5, 5.41) is 3.16. The largest absolute Gasteiger partial charge is 0.465 e. The summed E-state index contributed by atoms with van der Waals surface area (Å²) in [4.78, 5) is 17.7. The Hall–Kier alpha value is -1.82. The molecule has 0 atom stereocenters. The van der Waals surface area contributed by atoms with Crippen molar-refractivity contribution in [3.63, 3.8) is 0 Å². The first-order chi connectivity index (χ1) is 8.58. The third-order valence-electron chi connectivity index (χ3n) is 2.68. The van der Waals surface area contributed by atoms with Crippen molar-refractivity contribution >= 4 is 17.5 Å². The molecule has 0 radical (unpaired) electrons. The Balaban J connectivity index is 2.72. The van der Waals surface area contributed by atoms with E-state index in [0.717, 1.165) is 19.6 Å². The van der Waals surface area contributed by atoms with Gasteiger partial charge in [-0.1, -0.05) is 6.92 Å². The third kappa shape index (κ3) is 3.89. The number of aromatic nitrogens is 1. The van der Waals surface area contributed by atoms with Gasteiger partial charge in [0.15, 0.2) is 0 Å². The van der Waals surface area contributed by atoms with E-state index < -0.39 is 5.97 Å². The zero-order chi connectivity index (χ0) is 13.5. The number of methoxy groups -OCH3 is 1. The summed E-state index contributed by atoms with van der Waals surface area (Å²) in [5.74, 6) is -0.123. The molecule has 100 valence electrons. The number of nitrogen functional groups attached to an aromatic ring is 1. The molecular formula is C12H20N4O2. The molecule has 0 amide bonds. The Morgan fingerprint density at radius 1 is 1.61 bits per heavy atom. The first-order valence-corrected chi connectivity index (χ1v) is 5.84. The van der Waals surface area contributed by atoms with Crippen LogP contribution < -0.4 is 11.1 Å². The maximum absolute atomic E-state index is 11.6. The van der Waals surface area contributed by atoms with Gasteiger partial charge in [-0.15, -0.1) is 0 Å². The molecule has 1 aromatic rings. The minimum atomic E-state index is -0.421. The quantitative estimate of drug-likeness (QED) is 0.729. The normalized spacial score (nSPS) is 10.4. The standard InChI is InChI=1S/C12H20N4O2/c1-4-16(2)6-5-14-10-8-15-11(13)7-9(10)12(17)18-3/h7-8,14H,4-6H2,1-3H3,(H2,13,15). The van der Waals surface area contributed by atoms with Crippen LogP contribution in [0.25, 0.3) is 0 Å². The van der Waals surface area contributed by atoms with E-state index in [4.69, 9.17) is 10.5 Å². The summed E-state index contributed by atoms with van der Waals surface area (Å²) in [6.07, 6.45) is 1.55. The number of nitrogens with zero attached hydrogens (tertiary/aromatic N) is 2. The summed E-state index contributed by atoms with van der Waals surface area (Å²) in [5.41, 5.74) is 6.61. The van der Waals surface area contributed by atoms with Gasteiger partial charge in [-0.05, 0) is 19.7 Å². The molecule has 0 aromatic carbocycles. The molecule has 0 spiro atoms. The lowest BCUT2D eigenvalue weighted by Crippen LogP contribution is -2.25. The number of carbonyl (C=O) groups is 1. The second-order valence-corrected chi connectivity index (χ2v) is 3.97. The number of ether oxygens (including phenoxy) is 1. The number of hydrogen-bond donors (Lipinski definition) is 2. The van der Waals surface area contributed by atoms with Crippen molar-refractivity contribution in [3.05, 3.63) is 17.8 Å². The van der Waals surface area contributed by atoms with Gasteiger partial charge in [-0.25, -0.2) is 9.78 Å². The predicted molar refractivity (Wildman–Crippen MR) is 71.6 cm³/mol. The molecule has 6 heteroatoms. The minimum Gasteiger partial charge on any atom is -0.465 e. The SMILES string of the molecule is CCN(C)CCNc1cnc(N)cc1C(=O)OC. The number of nitrogens with one attached hydrogen (secondary N) is 1. The average Bonchev–Trinajstić information content (AvgIpc) is 2.39. The number of nitrogens with two attached hydrogens (primary N) is 1. The van der Waals surface area contributed by atoms with Crippen LogP contribution in [-0.4, -0.2) is 49.6 Å². The van der Waals surface area contributed by atoms with Crippen molar-refractivity contribution in [3.8, 4) is 0 Å². The number of likely N-dealkylation sites (N-methyl/N-ethyl adjacent to an activating group) is 1. The average molecular weight is 252 g/mol. The van der Waals surface area contributed by atoms with Crippen molar-refractivity contribution in [2.75, 3.05) is 44.8 Å². The number of rotatable bonds is 6. The lowest BCUT2D eigenvalue weighted by atomic mass is 10.2. The lowest BCUT2D eigenvalue weighted by molar-refractivity contribution is 0.0601. The minimum absolute atomic E-state index is 0.298. The van der Waals surface area contributed by atoms with Crippen LogP contribution in [0.3, 0.4) is 0 Å². The van der Waals surface area contributed by atoms with Gasteiger partial charge in [-0.2, -0.15) is 0 Å². The zero-order valence-corrected chi connectivity index (χ0v) is 11.1. The van der Waals surface area contributed by atoms with E-state index in [1.165, 1.54) is 13.2 Å². The Labute approximate surface area is 107 Å². The summed E-state index contributed by atoms with van der Waals surface area (Å²) in [6.45, 7) is 4.66. The first-order valence-electron chi connectivity index (χ1n) is 5.84. The van der Waals surface area contributed by atoms with Gasteiger partial charge in [0.2, 0.25) is 0 Å². The van der Waals surface area contributed by atoms with Crippen LogP contribution in [0.15, 0.2) is 12.3 Å². The molecule has 0 unspecified atom stereocenters. The van der Waals surface area contributed by atoms with E-state index in [1.54, 1.807) is 6.20 Å². The zero-order valence-electron chi connectivity index (χ0n) is 11.1. The maximum atomic E-state index is 11.6. The molecule has 1 heterocycles. The summed E-state index contributed by atoms with van der Waals surface area (Å²) >= 11 is 0. The highest BCUT2D eigenvalue weighted by Gasteiger charge is 2.12. The van der Waals surface area contributed by atoms with Gasteiger partial charge in [0.1, 0.15) is 5.82 Å². The Kier molecular flexibility index (Phi) is 5.38. The molecule has 18 heavy (non-hydrogen) atoms. The van der Waals surface area contributed by atoms with Gasteiger partial charge in [-0.3, -0.25) is 0 Å². The molecule has 1 aromatic heterocycles. The number of carbonyl (C=O) groups excluding carboxylic acids is 1. The van der Waals surface area contributed by atoms with Crippen LogP contribution in [0.4, 0.5) is 11.5 Å². The summed E-state index contributed by atoms with van der Waals surface area (Å²) in [6, 6.07) is 1.51. The molecule has 0 aliphatic heterocycles. The number of anilines is 2. The van der Waals surface area contributed by atoms with Crippen molar-refractivity contribution in [2.45, 2.75) is 6.92 Å². The van der Waals surface area contributed by atoms with Crippen LogP contribution in [0.1, 0.15) is 17.3 Å². The molecule has 0 aliphatic rings. The van der Waals surface area contributed by atoms with Crippen LogP contribution >= 0.6 is 0 Å². The monoisotopic (exact) mass is 252 g/mol. The van der Waals surface area contributed by atoms with E-state index in [-0.39, 0.29) is 0 Å². The van der Waals surface area contributed by atoms with E-state index >= 15 is 0 Å². The molecule has 0 saturated carbocycles. The van der Waals surface area contributed by atoms with Gasteiger partial charge >= 0.3 is 5.97 Å². The highest BCUT2D eigenvalue weighted by Crippen LogP contribution is 2.17. The second kappa shape index (κ2) is 6.80. The highest BCUT2D eigenvalue weighted by molar-refractivity contribution is 5.96. The number of pyridine rings is 1. The van der Waals surface area contributed by atoms with Crippen molar-refractivity contribution in [2.24, 2.45) is 0 Å². The van der Waals surface area contributed by atoms with Crippen LogP contribution in [0.5, 0.6) is 0 Å². The van der Waals surface area contributed by atoms with Crippen LogP contribution in [0.2, 0.25) is 0 Å². The molecule has 1 rings (SSSR count). The molecular weight excluding hydrogens is 232 g/mol. The van der Waals surface area contributed by atoms with E-state index in [9.17, 15) is 4.79 Å². The number of esters is 1. The fraction of sp³-hybridized carbons (Fsp3) is 0.500. The summed E-state index contributed by atoms with van der Waals surface area (Å²) in [7, 11) is 3.37. The van der Waals surface area contributed by atoms with E-state index in [2.05, 4.69) is 22.1 Å². The van der Waals surface area contributed by atoms with Crippen LogP contribution in [0, 0.1) is 0 Å². The van der Waals surface area contributed by atoms with Crippen molar-refractivity contribution in [1.29, 1.82) is 0 Å². The Bertz CT molecular complexity index is 409. The van der Waals surface area contributed by atoms with Crippen molar-refractivity contribution in [1.82, 2.24) is 9.88 Å². The fourth-order valence-electron chi connectivity index (χ4n) is 1.43. The van der Waals surface area contributed by atoms with Gasteiger partial charge in [0, 0.05) is 13.1 Å². The van der Waals surface area contributed by atoms with Crippen LogP contribution in [-0.2, 0) is 4.74 Å². The van der Waals surface area contributed by atoms with E-state index in [1.807, 2.05) is 7.05 Å². The molecule has 0 aliphatic carbocycles. The van der Waals surface area contributed by atoms with E-state index in [0.29, 0.717) is 17.1 Å². The van der Waals surface area contributed by atoms with Gasteiger partial charge < -0.3 is 20.7 Å². The fourth-order valence-corrected chi connectivity index (χ4v) is 1.43. The molecule has 0 saturated heterocycles. The molecule has 0 fully saturated rings. The smallest absolute Gasteiger partial charge is 0.340 e. The Morgan fingerprint density at radius 2 is 2.33 bits per heavy atom. The molecule has 6 nitrogen and oxygen atoms in total. The third-order valence-corrected chi connectivity index (χ3v) is 2.68.